The lowest BCUT2D eigenvalue weighted by molar-refractivity contribution is 0.415. The van der Waals surface area contributed by atoms with Gasteiger partial charge in [-0.2, -0.15) is 0 Å². The van der Waals surface area contributed by atoms with Crippen LogP contribution < -0.4 is 14.8 Å². The van der Waals surface area contributed by atoms with E-state index in [0.29, 0.717) is 24.4 Å². The molecule has 1 aliphatic rings. The molecule has 1 fully saturated rings. The van der Waals surface area contributed by atoms with E-state index in [1.165, 1.54) is 11.4 Å². The fraction of sp³-hybridized carbons (Fsp3) is 0.500. The molecule has 1 atom stereocenters. The van der Waals surface area contributed by atoms with E-state index in [4.69, 9.17) is 10.5 Å². The summed E-state index contributed by atoms with van der Waals surface area (Å²) in [4.78, 5) is 0. The number of anilines is 1. The molecule has 2 N–H and O–H groups in total. The van der Waals surface area contributed by atoms with Crippen LogP contribution in [0, 0.1) is 6.92 Å². The first-order valence-electron chi connectivity index (χ1n) is 5.87. The Morgan fingerprint density at radius 1 is 1.50 bits per heavy atom. The van der Waals surface area contributed by atoms with E-state index in [1.807, 2.05) is 19.1 Å². The van der Waals surface area contributed by atoms with Gasteiger partial charge in [0.15, 0.2) is 0 Å². The molecule has 0 aliphatic carbocycles. The van der Waals surface area contributed by atoms with Crippen molar-refractivity contribution in [3.05, 3.63) is 23.8 Å². The summed E-state index contributed by atoms with van der Waals surface area (Å²) in [5.41, 5.74) is 7.12. The van der Waals surface area contributed by atoms with Crippen LogP contribution in [-0.2, 0) is 10.0 Å². The number of hydrogen-bond donors (Lipinski definition) is 1. The second kappa shape index (κ2) is 4.78. The first-order valence-corrected chi connectivity index (χ1v) is 7.37. The number of ether oxygens (including phenoxy) is 1. The van der Waals surface area contributed by atoms with Crippen molar-refractivity contribution < 1.29 is 13.2 Å². The van der Waals surface area contributed by atoms with E-state index < -0.39 is 15.3 Å². The topological polar surface area (TPSA) is 72.6 Å². The van der Waals surface area contributed by atoms with Crippen molar-refractivity contribution in [2.45, 2.75) is 18.6 Å². The summed E-state index contributed by atoms with van der Waals surface area (Å²) in [5.74, 6) is 0.571. The molecule has 1 unspecified atom stereocenters. The van der Waals surface area contributed by atoms with Gasteiger partial charge in [0.05, 0.1) is 18.0 Å². The number of nitrogens with zero attached hydrogens (tertiary/aromatic N) is 1. The summed E-state index contributed by atoms with van der Waals surface area (Å²) in [6, 6.07) is 5.51. The number of rotatable bonds is 3. The summed E-state index contributed by atoms with van der Waals surface area (Å²) in [5, 5.41) is -0.484. The van der Waals surface area contributed by atoms with E-state index in [1.54, 1.807) is 6.07 Å². The Balaban J connectivity index is 2.47. The minimum atomic E-state index is -3.35. The molecule has 1 heterocycles. The molecular weight excluding hydrogens is 252 g/mol. The predicted octanol–water partition coefficient (Wildman–Crippen LogP) is 0.871. The maximum Gasteiger partial charge on any atom is 0.239 e. The van der Waals surface area contributed by atoms with Gasteiger partial charge in [-0.1, -0.05) is 6.07 Å². The number of aryl methyl sites for hydroxylation is 1. The van der Waals surface area contributed by atoms with Gasteiger partial charge >= 0.3 is 0 Å². The molecule has 100 valence electrons. The highest BCUT2D eigenvalue weighted by Crippen LogP contribution is 2.35. The van der Waals surface area contributed by atoms with Gasteiger partial charge in [0.2, 0.25) is 10.0 Å². The van der Waals surface area contributed by atoms with Gasteiger partial charge in [-0.05, 0) is 31.0 Å². The zero-order valence-corrected chi connectivity index (χ0v) is 11.4. The SMILES string of the molecule is COc1ccc(C)cc1N1CCC(CN)S1(=O)=O. The molecule has 0 amide bonds. The lowest BCUT2D eigenvalue weighted by Gasteiger charge is -2.21. The van der Waals surface area contributed by atoms with Gasteiger partial charge in [-0.3, -0.25) is 4.31 Å². The van der Waals surface area contributed by atoms with Crippen LogP contribution in [0.2, 0.25) is 0 Å². The van der Waals surface area contributed by atoms with Crippen LogP contribution in [-0.4, -0.2) is 33.9 Å². The Kier molecular flexibility index (Phi) is 3.49. The van der Waals surface area contributed by atoms with E-state index in [-0.39, 0.29) is 6.54 Å². The average Bonchev–Trinajstić information content (AvgIpc) is 2.63. The highest BCUT2D eigenvalue weighted by molar-refractivity contribution is 7.93. The molecule has 0 radical (unpaired) electrons. The van der Waals surface area contributed by atoms with Crippen LogP contribution >= 0.6 is 0 Å². The standard InChI is InChI=1S/C12H18N2O3S/c1-9-3-4-12(17-2)11(7-9)14-6-5-10(8-13)18(14,15)16/h3-4,7,10H,5-6,8,13H2,1-2H3. The fourth-order valence-electron chi connectivity index (χ4n) is 2.21. The number of methoxy groups -OCH3 is 1. The molecule has 0 spiro atoms. The van der Waals surface area contributed by atoms with Crippen molar-refractivity contribution in [3.8, 4) is 5.75 Å². The van der Waals surface area contributed by atoms with Crippen LogP contribution in [0.1, 0.15) is 12.0 Å². The summed E-state index contributed by atoms with van der Waals surface area (Å²) < 4.78 is 31.2. The van der Waals surface area contributed by atoms with Crippen LogP contribution in [0.3, 0.4) is 0 Å². The van der Waals surface area contributed by atoms with Crippen LogP contribution in [0.4, 0.5) is 5.69 Å². The molecule has 1 saturated heterocycles. The van der Waals surface area contributed by atoms with Crippen molar-refractivity contribution in [1.82, 2.24) is 0 Å². The number of benzene rings is 1. The Morgan fingerprint density at radius 3 is 2.78 bits per heavy atom. The quantitative estimate of drug-likeness (QED) is 0.884. The van der Waals surface area contributed by atoms with Gasteiger partial charge in [0.25, 0.3) is 0 Å². The van der Waals surface area contributed by atoms with Gasteiger partial charge in [0.1, 0.15) is 5.75 Å². The summed E-state index contributed by atoms with van der Waals surface area (Å²) >= 11 is 0. The number of sulfonamides is 1. The molecule has 0 saturated carbocycles. The highest BCUT2D eigenvalue weighted by Gasteiger charge is 2.39. The van der Waals surface area contributed by atoms with Crippen molar-refractivity contribution >= 4 is 15.7 Å². The molecule has 18 heavy (non-hydrogen) atoms. The fourth-order valence-corrected chi connectivity index (χ4v) is 3.99. The lowest BCUT2D eigenvalue weighted by atomic mass is 10.2. The van der Waals surface area contributed by atoms with Crippen molar-refractivity contribution in [2.75, 3.05) is 24.5 Å². The minimum absolute atomic E-state index is 0.160. The Labute approximate surface area is 108 Å². The molecule has 6 heteroatoms. The minimum Gasteiger partial charge on any atom is -0.495 e. The number of nitrogens with two attached hydrogens (primary N) is 1. The normalized spacial score (nSPS) is 22.2. The van der Waals surface area contributed by atoms with Crippen molar-refractivity contribution in [2.24, 2.45) is 5.73 Å². The van der Waals surface area contributed by atoms with Gasteiger partial charge in [0, 0.05) is 13.1 Å². The summed E-state index contributed by atoms with van der Waals surface area (Å²) in [6.45, 7) is 2.54. The van der Waals surface area contributed by atoms with Crippen molar-refractivity contribution in [3.63, 3.8) is 0 Å². The van der Waals surface area contributed by atoms with Crippen LogP contribution in [0.5, 0.6) is 5.75 Å². The first-order chi connectivity index (χ1) is 8.50. The average molecular weight is 270 g/mol. The molecule has 1 aromatic carbocycles. The molecular formula is C12H18N2O3S. The van der Waals surface area contributed by atoms with Gasteiger partial charge < -0.3 is 10.5 Å². The molecule has 2 rings (SSSR count). The molecule has 0 bridgehead atoms. The molecule has 1 aromatic rings. The maximum absolute atomic E-state index is 12.3. The highest BCUT2D eigenvalue weighted by atomic mass is 32.2. The molecule has 5 nitrogen and oxygen atoms in total. The van der Waals surface area contributed by atoms with E-state index in [9.17, 15) is 8.42 Å². The Hall–Kier alpha value is -1.27. The Morgan fingerprint density at radius 2 is 2.22 bits per heavy atom. The van der Waals surface area contributed by atoms with E-state index >= 15 is 0 Å². The maximum atomic E-state index is 12.3. The smallest absolute Gasteiger partial charge is 0.239 e. The second-order valence-corrected chi connectivity index (χ2v) is 6.58. The predicted molar refractivity (Wildman–Crippen MR) is 71.5 cm³/mol. The summed E-state index contributed by atoms with van der Waals surface area (Å²) in [7, 11) is -1.81. The zero-order chi connectivity index (χ0) is 13.3. The third kappa shape index (κ3) is 2.06. The summed E-state index contributed by atoms with van der Waals surface area (Å²) in [6.07, 6.45) is 0.565. The monoisotopic (exact) mass is 270 g/mol. The molecule has 1 aliphatic heterocycles. The second-order valence-electron chi connectivity index (χ2n) is 4.44. The zero-order valence-electron chi connectivity index (χ0n) is 10.6. The third-order valence-corrected chi connectivity index (χ3v) is 5.51. The van der Waals surface area contributed by atoms with Crippen molar-refractivity contribution in [1.29, 1.82) is 0 Å². The van der Waals surface area contributed by atoms with Gasteiger partial charge in [-0.25, -0.2) is 8.42 Å². The first kappa shape index (κ1) is 13.2. The largest absolute Gasteiger partial charge is 0.495 e. The van der Waals surface area contributed by atoms with E-state index in [2.05, 4.69) is 0 Å². The third-order valence-electron chi connectivity index (χ3n) is 3.25. The van der Waals surface area contributed by atoms with Gasteiger partial charge in [-0.15, -0.1) is 0 Å². The van der Waals surface area contributed by atoms with E-state index in [0.717, 1.165) is 5.56 Å². The Bertz CT molecular complexity index is 542. The number of hydrogen-bond acceptors (Lipinski definition) is 4. The van der Waals surface area contributed by atoms with Crippen LogP contribution in [0.25, 0.3) is 0 Å². The molecule has 0 aromatic heterocycles. The lowest BCUT2D eigenvalue weighted by Crippen LogP contribution is -2.33. The van der Waals surface area contributed by atoms with Crippen LogP contribution in [0.15, 0.2) is 18.2 Å².